The summed E-state index contributed by atoms with van der Waals surface area (Å²) in [7, 11) is 0. The highest BCUT2D eigenvalue weighted by atomic mass is 32.2. The second kappa shape index (κ2) is 8.21. The molecule has 2 aromatic rings. The predicted molar refractivity (Wildman–Crippen MR) is 101 cm³/mol. The van der Waals surface area contributed by atoms with Gasteiger partial charge in [0.2, 0.25) is 0 Å². The van der Waals surface area contributed by atoms with E-state index in [9.17, 15) is 14.7 Å². The Morgan fingerprint density at radius 2 is 1.68 bits per heavy atom. The van der Waals surface area contributed by atoms with Gasteiger partial charge >= 0.3 is 5.97 Å². The van der Waals surface area contributed by atoms with Crippen molar-refractivity contribution in [2.45, 2.75) is 36.3 Å². The van der Waals surface area contributed by atoms with Crippen LogP contribution < -0.4 is 5.32 Å². The minimum Gasteiger partial charge on any atom is -0.481 e. The van der Waals surface area contributed by atoms with Crippen LogP contribution in [0.4, 0.5) is 0 Å². The number of hydrogen-bond acceptors (Lipinski definition) is 3. The molecule has 0 aliphatic heterocycles. The van der Waals surface area contributed by atoms with Gasteiger partial charge in [0.25, 0.3) is 5.91 Å². The molecule has 2 rings (SSSR count). The Bertz CT molecular complexity index is 746. The molecular formula is C20H23NO3S. The summed E-state index contributed by atoms with van der Waals surface area (Å²) in [5.41, 5.74) is 0.0477. The third-order valence-electron chi connectivity index (χ3n) is 3.98. The summed E-state index contributed by atoms with van der Waals surface area (Å²) in [6.45, 7) is 5.78. The monoisotopic (exact) mass is 357 g/mol. The molecule has 0 heterocycles. The van der Waals surface area contributed by atoms with Crippen molar-refractivity contribution >= 4 is 23.6 Å². The maximum Gasteiger partial charge on any atom is 0.315 e. The molecule has 25 heavy (non-hydrogen) atoms. The molecule has 0 aliphatic rings. The van der Waals surface area contributed by atoms with Gasteiger partial charge < -0.3 is 10.4 Å². The van der Waals surface area contributed by atoms with E-state index < -0.39 is 11.4 Å². The van der Waals surface area contributed by atoms with Crippen LogP contribution in [-0.2, 0) is 10.2 Å². The van der Waals surface area contributed by atoms with Crippen molar-refractivity contribution in [3.8, 4) is 0 Å². The largest absolute Gasteiger partial charge is 0.481 e. The average Bonchev–Trinajstić information content (AvgIpc) is 2.60. The number of benzene rings is 2. The van der Waals surface area contributed by atoms with Crippen molar-refractivity contribution in [3.63, 3.8) is 0 Å². The van der Waals surface area contributed by atoms with Crippen LogP contribution in [-0.4, -0.2) is 28.8 Å². The van der Waals surface area contributed by atoms with E-state index in [-0.39, 0.29) is 12.5 Å². The van der Waals surface area contributed by atoms with Gasteiger partial charge in [-0.25, -0.2) is 0 Å². The van der Waals surface area contributed by atoms with E-state index in [1.165, 1.54) is 0 Å². The normalized spacial score (nSPS) is 13.3. The number of thioether (sulfide) groups is 1. The molecule has 0 saturated heterocycles. The van der Waals surface area contributed by atoms with Crippen molar-refractivity contribution in [2.24, 2.45) is 0 Å². The molecule has 0 saturated carbocycles. The molecule has 1 unspecified atom stereocenters. The number of amides is 1. The third kappa shape index (κ3) is 4.63. The number of carboxylic acids is 1. The Hall–Kier alpha value is -2.27. The molecule has 5 heteroatoms. The summed E-state index contributed by atoms with van der Waals surface area (Å²) in [5.74, 6) is -1.23. The zero-order valence-electron chi connectivity index (χ0n) is 14.7. The second-order valence-corrected chi connectivity index (χ2v) is 7.97. The van der Waals surface area contributed by atoms with Crippen LogP contribution in [0.3, 0.4) is 0 Å². The topological polar surface area (TPSA) is 66.4 Å². The third-order valence-corrected chi connectivity index (χ3v) is 5.06. The number of rotatable bonds is 7. The highest BCUT2D eigenvalue weighted by Crippen LogP contribution is 2.27. The predicted octanol–water partition coefficient (Wildman–Crippen LogP) is 3.96. The van der Waals surface area contributed by atoms with Crippen molar-refractivity contribution in [1.29, 1.82) is 0 Å². The Labute approximate surface area is 152 Å². The van der Waals surface area contributed by atoms with Gasteiger partial charge in [0, 0.05) is 16.7 Å². The van der Waals surface area contributed by atoms with Gasteiger partial charge in [0.1, 0.15) is 5.41 Å². The van der Waals surface area contributed by atoms with E-state index in [1.54, 1.807) is 49.0 Å². The maximum absolute atomic E-state index is 12.6. The first kappa shape index (κ1) is 19.1. The molecule has 1 amide bonds. The van der Waals surface area contributed by atoms with Crippen LogP contribution in [0.25, 0.3) is 0 Å². The van der Waals surface area contributed by atoms with E-state index in [4.69, 9.17) is 0 Å². The molecule has 0 aliphatic carbocycles. The highest BCUT2D eigenvalue weighted by molar-refractivity contribution is 8.00. The summed E-state index contributed by atoms with van der Waals surface area (Å²) in [6, 6.07) is 16.4. The molecule has 0 aromatic heterocycles. The molecule has 0 spiro atoms. The number of hydrogen-bond donors (Lipinski definition) is 2. The molecule has 2 aromatic carbocycles. The maximum atomic E-state index is 12.6. The summed E-state index contributed by atoms with van der Waals surface area (Å²) < 4.78 is 0. The van der Waals surface area contributed by atoms with E-state index in [0.717, 1.165) is 4.90 Å². The molecule has 0 bridgehead atoms. The second-order valence-electron chi connectivity index (χ2n) is 6.35. The molecule has 1 atom stereocenters. The standard InChI is InChI=1S/C20H23NO3S/c1-14(2)25-17-12-8-7-11-16(17)18(22)21-13-20(3,19(23)24)15-9-5-4-6-10-15/h4-12,14H,13H2,1-3H3,(H,21,22)(H,23,24). The average molecular weight is 357 g/mol. The lowest BCUT2D eigenvalue weighted by atomic mass is 9.82. The van der Waals surface area contributed by atoms with Crippen molar-refractivity contribution in [3.05, 3.63) is 65.7 Å². The zero-order valence-corrected chi connectivity index (χ0v) is 15.5. The first-order valence-electron chi connectivity index (χ1n) is 8.17. The summed E-state index contributed by atoms with van der Waals surface area (Å²) in [4.78, 5) is 25.4. The van der Waals surface area contributed by atoms with Gasteiger partial charge in [-0.15, -0.1) is 11.8 Å². The number of carboxylic acid groups (broad SMARTS) is 1. The number of carbonyl (C=O) groups excluding carboxylic acids is 1. The Morgan fingerprint density at radius 3 is 2.28 bits per heavy atom. The lowest BCUT2D eigenvalue weighted by molar-refractivity contribution is -0.142. The summed E-state index contributed by atoms with van der Waals surface area (Å²) in [5, 5.41) is 12.8. The van der Waals surface area contributed by atoms with Gasteiger partial charge in [-0.05, 0) is 24.6 Å². The van der Waals surface area contributed by atoms with Gasteiger partial charge in [0.05, 0.1) is 5.56 Å². The van der Waals surface area contributed by atoms with Gasteiger partial charge in [-0.2, -0.15) is 0 Å². The van der Waals surface area contributed by atoms with Crippen molar-refractivity contribution < 1.29 is 14.7 Å². The Morgan fingerprint density at radius 1 is 1.08 bits per heavy atom. The van der Waals surface area contributed by atoms with Crippen LogP contribution in [0.5, 0.6) is 0 Å². The van der Waals surface area contributed by atoms with Crippen LogP contribution in [0.2, 0.25) is 0 Å². The molecule has 132 valence electrons. The van der Waals surface area contributed by atoms with Crippen LogP contribution in [0.1, 0.15) is 36.7 Å². The molecule has 0 radical (unpaired) electrons. The molecule has 2 N–H and O–H groups in total. The fraction of sp³-hybridized carbons (Fsp3) is 0.300. The Balaban J connectivity index is 2.19. The van der Waals surface area contributed by atoms with Gasteiger partial charge in [-0.3, -0.25) is 9.59 Å². The van der Waals surface area contributed by atoms with Crippen LogP contribution >= 0.6 is 11.8 Å². The van der Waals surface area contributed by atoms with E-state index in [0.29, 0.717) is 16.4 Å². The first-order chi connectivity index (χ1) is 11.8. The Kier molecular flexibility index (Phi) is 6.26. The molecule has 4 nitrogen and oxygen atoms in total. The molecule has 0 fully saturated rings. The smallest absolute Gasteiger partial charge is 0.315 e. The molecular weight excluding hydrogens is 334 g/mol. The van der Waals surface area contributed by atoms with Crippen LogP contribution in [0, 0.1) is 0 Å². The first-order valence-corrected chi connectivity index (χ1v) is 9.05. The van der Waals surface area contributed by atoms with E-state index in [2.05, 4.69) is 19.2 Å². The fourth-order valence-electron chi connectivity index (χ4n) is 2.47. The minimum absolute atomic E-state index is 0.0197. The lowest BCUT2D eigenvalue weighted by Crippen LogP contribution is -2.44. The summed E-state index contributed by atoms with van der Waals surface area (Å²) in [6.07, 6.45) is 0. The van der Waals surface area contributed by atoms with E-state index >= 15 is 0 Å². The lowest BCUT2D eigenvalue weighted by Gasteiger charge is -2.26. The van der Waals surface area contributed by atoms with Crippen molar-refractivity contribution in [2.75, 3.05) is 6.54 Å². The summed E-state index contributed by atoms with van der Waals surface area (Å²) >= 11 is 1.61. The zero-order chi connectivity index (χ0) is 18.4. The fourth-order valence-corrected chi connectivity index (χ4v) is 3.42. The number of aliphatic carboxylic acids is 1. The number of nitrogens with one attached hydrogen (secondary N) is 1. The van der Waals surface area contributed by atoms with Crippen molar-refractivity contribution in [1.82, 2.24) is 5.32 Å². The number of carbonyl (C=O) groups is 2. The SMILES string of the molecule is CC(C)Sc1ccccc1C(=O)NCC(C)(C(=O)O)c1ccccc1. The van der Waals surface area contributed by atoms with Gasteiger partial charge in [0.15, 0.2) is 0 Å². The van der Waals surface area contributed by atoms with Crippen LogP contribution in [0.15, 0.2) is 59.5 Å². The highest BCUT2D eigenvalue weighted by Gasteiger charge is 2.35. The van der Waals surface area contributed by atoms with E-state index in [1.807, 2.05) is 24.3 Å². The minimum atomic E-state index is -1.18. The quantitative estimate of drug-likeness (QED) is 0.736. The van der Waals surface area contributed by atoms with Gasteiger partial charge in [-0.1, -0.05) is 56.3 Å².